The zero-order chi connectivity index (χ0) is 10.1. The van der Waals surface area contributed by atoms with E-state index in [1.807, 2.05) is 0 Å². The summed E-state index contributed by atoms with van der Waals surface area (Å²) < 4.78 is 5.65. The summed E-state index contributed by atoms with van der Waals surface area (Å²) in [7, 11) is 0. The van der Waals surface area contributed by atoms with Gasteiger partial charge in [-0.3, -0.25) is 0 Å². The van der Waals surface area contributed by atoms with E-state index in [1.54, 1.807) is 0 Å². The molecule has 13 heavy (non-hydrogen) atoms. The van der Waals surface area contributed by atoms with Gasteiger partial charge < -0.3 is 10.5 Å². The number of hydrogen-bond donors (Lipinski definition) is 1. The van der Waals surface area contributed by atoms with Crippen LogP contribution in [-0.2, 0) is 4.74 Å². The van der Waals surface area contributed by atoms with E-state index in [4.69, 9.17) is 10.5 Å². The van der Waals surface area contributed by atoms with E-state index in [2.05, 4.69) is 20.8 Å². The van der Waals surface area contributed by atoms with Crippen molar-refractivity contribution in [2.45, 2.75) is 65.1 Å². The van der Waals surface area contributed by atoms with Crippen molar-refractivity contribution < 1.29 is 4.74 Å². The smallest absolute Gasteiger partial charge is 0.0700 e. The van der Waals surface area contributed by atoms with Gasteiger partial charge in [-0.1, -0.05) is 32.6 Å². The molecule has 0 spiro atoms. The normalized spacial score (nSPS) is 13.6. The molecule has 0 fully saturated rings. The van der Waals surface area contributed by atoms with Crippen LogP contribution in [0.5, 0.6) is 0 Å². The molecule has 0 aliphatic rings. The monoisotopic (exact) mass is 187 g/mol. The van der Waals surface area contributed by atoms with E-state index < -0.39 is 0 Å². The van der Waals surface area contributed by atoms with Crippen molar-refractivity contribution in [3.05, 3.63) is 0 Å². The van der Waals surface area contributed by atoms with E-state index in [1.165, 1.54) is 25.7 Å². The predicted octanol–water partition coefficient (Wildman–Crippen LogP) is 2.71. The van der Waals surface area contributed by atoms with Crippen molar-refractivity contribution in [1.29, 1.82) is 0 Å². The summed E-state index contributed by atoms with van der Waals surface area (Å²) in [6, 6.07) is 0. The fourth-order valence-corrected chi connectivity index (χ4v) is 1.43. The van der Waals surface area contributed by atoms with Crippen LogP contribution >= 0.6 is 0 Å². The summed E-state index contributed by atoms with van der Waals surface area (Å²) in [5.74, 6) is 0. The molecule has 2 nitrogen and oxygen atoms in total. The van der Waals surface area contributed by atoms with E-state index >= 15 is 0 Å². The Morgan fingerprint density at radius 3 is 2.31 bits per heavy atom. The molecule has 0 aromatic rings. The van der Waals surface area contributed by atoms with Gasteiger partial charge in [0.25, 0.3) is 0 Å². The van der Waals surface area contributed by atoms with Gasteiger partial charge >= 0.3 is 0 Å². The molecule has 2 heteroatoms. The maximum Gasteiger partial charge on any atom is 0.0700 e. The van der Waals surface area contributed by atoms with Crippen molar-refractivity contribution in [3.8, 4) is 0 Å². The molecule has 0 saturated carbocycles. The molecule has 0 rings (SSSR count). The summed E-state index contributed by atoms with van der Waals surface area (Å²) in [6.45, 7) is 7.01. The molecule has 1 atom stereocenters. The first-order chi connectivity index (χ1) is 6.20. The standard InChI is InChI=1S/C11H25NO/c1-4-5-6-7-8-11(9-12)13-10(2)3/h10-11H,4-9,12H2,1-3H3. The second kappa shape index (κ2) is 8.52. The number of nitrogens with two attached hydrogens (primary N) is 1. The van der Waals surface area contributed by atoms with Crippen molar-refractivity contribution in [2.24, 2.45) is 5.73 Å². The SMILES string of the molecule is CCCCCCC(CN)OC(C)C. The molecule has 1 unspecified atom stereocenters. The topological polar surface area (TPSA) is 35.2 Å². The Balaban J connectivity index is 3.36. The Hall–Kier alpha value is -0.0800. The van der Waals surface area contributed by atoms with E-state index in [0.717, 1.165) is 6.42 Å². The average Bonchev–Trinajstić information content (AvgIpc) is 2.09. The van der Waals surface area contributed by atoms with Crippen LogP contribution in [0, 0.1) is 0 Å². The van der Waals surface area contributed by atoms with Gasteiger partial charge in [0.05, 0.1) is 12.2 Å². The number of ether oxygens (including phenoxy) is 1. The molecular formula is C11H25NO. The van der Waals surface area contributed by atoms with E-state index in [9.17, 15) is 0 Å². The fraction of sp³-hybridized carbons (Fsp3) is 1.00. The summed E-state index contributed by atoms with van der Waals surface area (Å²) in [6.07, 6.45) is 6.89. The highest BCUT2D eigenvalue weighted by Gasteiger charge is 2.07. The third kappa shape index (κ3) is 8.26. The maximum absolute atomic E-state index is 5.65. The van der Waals surface area contributed by atoms with Gasteiger partial charge in [0.15, 0.2) is 0 Å². The van der Waals surface area contributed by atoms with Gasteiger partial charge in [0.2, 0.25) is 0 Å². The van der Waals surface area contributed by atoms with Gasteiger partial charge in [-0.2, -0.15) is 0 Å². The second-order valence-corrected chi connectivity index (χ2v) is 3.89. The Morgan fingerprint density at radius 1 is 1.15 bits per heavy atom. The largest absolute Gasteiger partial charge is 0.374 e. The van der Waals surface area contributed by atoms with Gasteiger partial charge in [-0.15, -0.1) is 0 Å². The van der Waals surface area contributed by atoms with Gasteiger partial charge in [-0.05, 0) is 20.3 Å². The Morgan fingerprint density at radius 2 is 1.85 bits per heavy atom. The molecule has 0 aromatic heterocycles. The summed E-state index contributed by atoms with van der Waals surface area (Å²) in [5, 5.41) is 0. The van der Waals surface area contributed by atoms with Crippen molar-refractivity contribution in [1.82, 2.24) is 0 Å². The lowest BCUT2D eigenvalue weighted by molar-refractivity contribution is 0.00737. The van der Waals surface area contributed by atoms with Crippen LogP contribution < -0.4 is 5.73 Å². The second-order valence-electron chi connectivity index (χ2n) is 3.89. The maximum atomic E-state index is 5.65. The van der Waals surface area contributed by atoms with Crippen LogP contribution in [0.2, 0.25) is 0 Å². The number of hydrogen-bond acceptors (Lipinski definition) is 2. The lowest BCUT2D eigenvalue weighted by atomic mass is 10.1. The predicted molar refractivity (Wildman–Crippen MR) is 57.8 cm³/mol. The minimum Gasteiger partial charge on any atom is -0.374 e. The molecule has 0 aromatic carbocycles. The average molecular weight is 187 g/mol. The van der Waals surface area contributed by atoms with Crippen molar-refractivity contribution in [3.63, 3.8) is 0 Å². The van der Waals surface area contributed by atoms with E-state index in [0.29, 0.717) is 12.6 Å². The molecule has 80 valence electrons. The van der Waals surface area contributed by atoms with Crippen LogP contribution in [-0.4, -0.2) is 18.8 Å². The molecule has 0 heterocycles. The van der Waals surface area contributed by atoms with Gasteiger partial charge in [-0.25, -0.2) is 0 Å². The summed E-state index contributed by atoms with van der Waals surface area (Å²) >= 11 is 0. The highest BCUT2D eigenvalue weighted by molar-refractivity contribution is 4.60. The highest BCUT2D eigenvalue weighted by atomic mass is 16.5. The number of rotatable bonds is 8. The molecule has 0 amide bonds. The Kier molecular flexibility index (Phi) is 8.46. The van der Waals surface area contributed by atoms with Gasteiger partial charge in [0, 0.05) is 6.54 Å². The summed E-state index contributed by atoms with van der Waals surface area (Å²) in [4.78, 5) is 0. The van der Waals surface area contributed by atoms with Crippen LogP contribution in [0.1, 0.15) is 52.9 Å². The quantitative estimate of drug-likeness (QED) is 0.593. The Bertz CT molecular complexity index is 104. The molecule has 0 bridgehead atoms. The number of unbranched alkanes of at least 4 members (excludes halogenated alkanes) is 3. The highest BCUT2D eigenvalue weighted by Crippen LogP contribution is 2.09. The van der Waals surface area contributed by atoms with Crippen LogP contribution in [0.15, 0.2) is 0 Å². The minimum atomic E-state index is 0.275. The zero-order valence-corrected chi connectivity index (χ0v) is 9.38. The summed E-state index contributed by atoms with van der Waals surface area (Å²) in [5.41, 5.74) is 5.61. The van der Waals surface area contributed by atoms with Gasteiger partial charge in [0.1, 0.15) is 0 Å². The molecule has 0 saturated heterocycles. The molecule has 0 aliphatic heterocycles. The Labute approximate surface area is 82.8 Å². The molecule has 2 N–H and O–H groups in total. The first-order valence-electron chi connectivity index (χ1n) is 5.56. The fourth-order valence-electron chi connectivity index (χ4n) is 1.43. The van der Waals surface area contributed by atoms with Crippen LogP contribution in [0.3, 0.4) is 0 Å². The molecule has 0 radical (unpaired) electrons. The van der Waals surface area contributed by atoms with Crippen LogP contribution in [0.25, 0.3) is 0 Å². The third-order valence-electron chi connectivity index (χ3n) is 2.11. The zero-order valence-electron chi connectivity index (χ0n) is 9.38. The molecule has 0 aliphatic carbocycles. The lowest BCUT2D eigenvalue weighted by Gasteiger charge is -2.18. The van der Waals surface area contributed by atoms with Crippen molar-refractivity contribution >= 4 is 0 Å². The molecular weight excluding hydrogens is 162 g/mol. The minimum absolute atomic E-state index is 0.275. The third-order valence-corrected chi connectivity index (χ3v) is 2.11. The first kappa shape index (κ1) is 12.9. The lowest BCUT2D eigenvalue weighted by Crippen LogP contribution is -2.26. The van der Waals surface area contributed by atoms with E-state index in [-0.39, 0.29) is 6.10 Å². The van der Waals surface area contributed by atoms with Crippen LogP contribution in [0.4, 0.5) is 0 Å². The first-order valence-corrected chi connectivity index (χ1v) is 5.56. The van der Waals surface area contributed by atoms with Crippen molar-refractivity contribution in [2.75, 3.05) is 6.54 Å².